The Kier molecular flexibility index (Phi) is 5.18. The van der Waals surface area contributed by atoms with Crippen molar-refractivity contribution >= 4 is 33.3 Å². The Morgan fingerprint density at radius 1 is 1.19 bits per heavy atom. The number of sulfonamides is 1. The molecule has 1 amide bonds. The van der Waals surface area contributed by atoms with Crippen molar-refractivity contribution in [3.63, 3.8) is 0 Å². The van der Waals surface area contributed by atoms with E-state index >= 15 is 0 Å². The minimum atomic E-state index is -3.28. The Hall–Kier alpha value is -2.87. The lowest BCUT2D eigenvalue weighted by Crippen LogP contribution is -2.25. The van der Waals surface area contributed by atoms with E-state index in [9.17, 15) is 18.0 Å². The molecule has 0 atom stereocenters. The number of nitrogens with one attached hydrogen (secondary N) is 1. The lowest BCUT2D eigenvalue weighted by Gasteiger charge is -2.18. The van der Waals surface area contributed by atoms with Gasteiger partial charge >= 0.3 is 5.97 Å². The minimum Gasteiger partial charge on any atom is -0.481 e. The summed E-state index contributed by atoms with van der Waals surface area (Å²) in [7, 11) is -3.28. The number of carboxylic acids is 1. The molecule has 0 aromatic heterocycles. The zero-order valence-electron chi connectivity index (χ0n) is 14.8. The molecule has 0 bridgehead atoms. The first kappa shape index (κ1) is 18.9. The number of amides is 1. The van der Waals surface area contributed by atoms with E-state index in [1.807, 2.05) is 0 Å². The van der Waals surface area contributed by atoms with Gasteiger partial charge in [0.2, 0.25) is 10.0 Å². The number of aryl methyl sites for hydroxylation is 1. The Bertz CT molecular complexity index is 1000. The number of para-hydroxylation sites is 1. The third kappa shape index (κ3) is 4.11. The summed E-state index contributed by atoms with van der Waals surface area (Å²) in [5.74, 6) is -1.22. The summed E-state index contributed by atoms with van der Waals surface area (Å²) in [6.45, 7) is 2.18. The second-order valence-electron chi connectivity index (χ2n) is 6.42. The van der Waals surface area contributed by atoms with Crippen LogP contribution < -0.4 is 9.62 Å². The highest BCUT2D eigenvalue weighted by Gasteiger charge is 2.28. The van der Waals surface area contributed by atoms with Gasteiger partial charge in [-0.2, -0.15) is 0 Å². The van der Waals surface area contributed by atoms with Crippen molar-refractivity contribution in [3.05, 3.63) is 59.2 Å². The molecule has 1 saturated heterocycles. The van der Waals surface area contributed by atoms with Crippen molar-refractivity contribution in [2.75, 3.05) is 21.9 Å². The van der Waals surface area contributed by atoms with Gasteiger partial charge in [0.25, 0.3) is 5.91 Å². The van der Waals surface area contributed by atoms with Crippen molar-refractivity contribution in [3.8, 4) is 0 Å². The average Bonchev–Trinajstić information content (AvgIpc) is 2.95. The maximum Gasteiger partial charge on any atom is 0.307 e. The molecule has 1 aliphatic heterocycles. The molecular weight excluding hydrogens is 368 g/mol. The van der Waals surface area contributed by atoms with E-state index in [0.29, 0.717) is 41.0 Å². The van der Waals surface area contributed by atoms with Gasteiger partial charge < -0.3 is 10.4 Å². The fourth-order valence-electron chi connectivity index (χ4n) is 3.14. The van der Waals surface area contributed by atoms with E-state index in [2.05, 4.69) is 5.32 Å². The molecule has 142 valence electrons. The molecule has 0 aliphatic carbocycles. The lowest BCUT2D eigenvalue weighted by molar-refractivity contribution is -0.136. The van der Waals surface area contributed by atoms with Crippen molar-refractivity contribution < 1.29 is 23.1 Å². The quantitative estimate of drug-likeness (QED) is 0.819. The Morgan fingerprint density at radius 3 is 2.56 bits per heavy atom. The van der Waals surface area contributed by atoms with Gasteiger partial charge in [-0.3, -0.25) is 13.9 Å². The summed E-state index contributed by atoms with van der Waals surface area (Å²) in [5.41, 5.74) is 2.54. The highest BCUT2D eigenvalue weighted by atomic mass is 32.2. The van der Waals surface area contributed by atoms with Crippen molar-refractivity contribution in [2.24, 2.45) is 0 Å². The number of rotatable bonds is 5. The fourth-order valence-corrected chi connectivity index (χ4v) is 4.69. The van der Waals surface area contributed by atoms with E-state index in [0.717, 1.165) is 0 Å². The van der Waals surface area contributed by atoms with Gasteiger partial charge in [0.1, 0.15) is 0 Å². The van der Waals surface area contributed by atoms with Crippen LogP contribution in [0.5, 0.6) is 0 Å². The van der Waals surface area contributed by atoms with Crippen LogP contribution in [0, 0.1) is 6.92 Å². The number of carbonyl (C=O) groups is 2. The number of nitrogens with zero attached hydrogens (tertiary/aromatic N) is 1. The van der Waals surface area contributed by atoms with Crippen LogP contribution in [0.2, 0.25) is 0 Å². The number of hydrogen-bond acceptors (Lipinski definition) is 4. The number of carboxylic acid groups (broad SMARTS) is 1. The van der Waals surface area contributed by atoms with Gasteiger partial charge in [-0.25, -0.2) is 8.42 Å². The summed E-state index contributed by atoms with van der Waals surface area (Å²) in [5, 5.41) is 11.7. The maximum absolute atomic E-state index is 12.6. The van der Waals surface area contributed by atoms with Crippen LogP contribution >= 0.6 is 0 Å². The van der Waals surface area contributed by atoms with E-state index in [1.54, 1.807) is 49.4 Å². The topological polar surface area (TPSA) is 104 Å². The zero-order chi connectivity index (χ0) is 19.6. The molecular formula is C19H20N2O5S. The normalized spacial score (nSPS) is 15.5. The third-order valence-electron chi connectivity index (χ3n) is 4.45. The smallest absolute Gasteiger partial charge is 0.307 e. The molecule has 1 fully saturated rings. The number of anilines is 2. The molecule has 1 aliphatic rings. The van der Waals surface area contributed by atoms with Crippen LogP contribution in [0.25, 0.3) is 0 Å². The van der Waals surface area contributed by atoms with Crippen LogP contribution in [0.4, 0.5) is 11.4 Å². The van der Waals surface area contributed by atoms with E-state index < -0.39 is 16.0 Å². The predicted molar refractivity (Wildman–Crippen MR) is 103 cm³/mol. The second-order valence-corrected chi connectivity index (χ2v) is 8.44. The van der Waals surface area contributed by atoms with Crippen LogP contribution in [-0.4, -0.2) is 37.7 Å². The molecule has 27 heavy (non-hydrogen) atoms. The summed E-state index contributed by atoms with van der Waals surface area (Å²) in [6, 6.07) is 11.6. The minimum absolute atomic E-state index is 0.134. The first-order chi connectivity index (χ1) is 12.8. The molecule has 0 spiro atoms. The molecule has 2 aromatic rings. The van der Waals surface area contributed by atoms with Gasteiger partial charge in [-0.1, -0.05) is 18.2 Å². The SMILES string of the molecule is Cc1cc(N2CCCS2(=O)=O)ccc1C(=O)Nc1ccccc1CC(=O)O. The van der Waals surface area contributed by atoms with Crippen molar-refractivity contribution in [2.45, 2.75) is 19.8 Å². The predicted octanol–water partition coefficient (Wildman–Crippen LogP) is 2.41. The summed E-state index contributed by atoms with van der Waals surface area (Å²) in [4.78, 5) is 23.6. The summed E-state index contributed by atoms with van der Waals surface area (Å²) < 4.78 is 25.5. The largest absolute Gasteiger partial charge is 0.481 e. The Balaban J connectivity index is 1.83. The first-order valence-electron chi connectivity index (χ1n) is 8.50. The van der Waals surface area contributed by atoms with Crippen LogP contribution in [0.15, 0.2) is 42.5 Å². The fraction of sp³-hybridized carbons (Fsp3) is 0.263. The molecule has 0 radical (unpaired) electrons. The van der Waals surface area contributed by atoms with Crippen LogP contribution in [0.3, 0.4) is 0 Å². The Morgan fingerprint density at radius 2 is 1.93 bits per heavy atom. The van der Waals surface area contributed by atoms with E-state index in [4.69, 9.17) is 5.11 Å². The second kappa shape index (κ2) is 7.40. The summed E-state index contributed by atoms with van der Waals surface area (Å²) in [6.07, 6.45) is 0.394. The highest BCUT2D eigenvalue weighted by molar-refractivity contribution is 7.93. The summed E-state index contributed by atoms with van der Waals surface area (Å²) >= 11 is 0. The van der Waals surface area contributed by atoms with Gasteiger partial charge in [-0.05, 0) is 48.7 Å². The molecule has 0 unspecified atom stereocenters. The monoisotopic (exact) mass is 388 g/mol. The van der Waals surface area contributed by atoms with Gasteiger partial charge in [0, 0.05) is 17.8 Å². The zero-order valence-corrected chi connectivity index (χ0v) is 15.6. The first-order valence-corrected chi connectivity index (χ1v) is 10.1. The highest BCUT2D eigenvalue weighted by Crippen LogP contribution is 2.27. The van der Waals surface area contributed by atoms with Gasteiger partial charge in [0.15, 0.2) is 0 Å². The molecule has 2 N–H and O–H groups in total. The number of carbonyl (C=O) groups excluding carboxylic acids is 1. The molecule has 1 heterocycles. The van der Waals surface area contributed by atoms with Crippen LogP contribution in [-0.2, 0) is 21.2 Å². The third-order valence-corrected chi connectivity index (χ3v) is 6.32. The maximum atomic E-state index is 12.6. The Labute approximate surface area is 157 Å². The molecule has 3 rings (SSSR count). The lowest BCUT2D eigenvalue weighted by atomic mass is 10.1. The van der Waals surface area contributed by atoms with Gasteiger partial charge in [-0.15, -0.1) is 0 Å². The molecule has 2 aromatic carbocycles. The van der Waals surface area contributed by atoms with E-state index in [-0.39, 0.29) is 18.1 Å². The van der Waals surface area contributed by atoms with Crippen molar-refractivity contribution in [1.29, 1.82) is 0 Å². The molecule has 7 nitrogen and oxygen atoms in total. The van der Waals surface area contributed by atoms with Crippen LogP contribution in [0.1, 0.15) is 27.9 Å². The molecule has 8 heteroatoms. The van der Waals surface area contributed by atoms with Crippen molar-refractivity contribution in [1.82, 2.24) is 0 Å². The van der Waals surface area contributed by atoms with Gasteiger partial charge in [0.05, 0.1) is 17.9 Å². The average molecular weight is 388 g/mol. The molecule has 0 saturated carbocycles. The van der Waals surface area contributed by atoms with E-state index in [1.165, 1.54) is 4.31 Å². The standard InChI is InChI=1S/C19H20N2O5S/c1-13-11-15(21-9-4-10-27(21,25)26)7-8-16(13)19(24)20-17-6-3-2-5-14(17)12-18(22)23/h2-3,5-8,11H,4,9-10,12H2,1H3,(H,20,24)(H,22,23). The number of aliphatic carboxylic acids is 1. The number of hydrogen-bond donors (Lipinski definition) is 2. The number of benzene rings is 2.